The maximum absolute atomic E-state index is 13.2. The molecule has 29 heavy (non-hydrogen) atoms. The molecule has 2 aliphatic rings. The lowest BCUT2D eigenvalue weighted by Crippen LogP contribution is -2.58. The number of hydrogen-bond acceptors (Lipinski definition) is 5. The van der Waals surface area contributed by atoms with Crippen LogP contribution in [0, 0.1) is 11.3 Å². The number of amides is 2. The Labute approximate surface area is 174 Å². The molecule has 1 aromatic carbocycles. The number of nitrogens with one attached hydrogen (secondary N) is 1. The number of benzene rings is 1. The van der Waals surface area contributed by atoms with Gasteiger partial charge in [-0.1, -0.05) is 23.9 Å². The third-order valence-corrected chi connectivity index (χ3v) is 6.45. The van der Waals surface area contributed by atoms with Crippen molar-refractivity contribution < 1.29 is 9.59 Å². The van der Waals surface area contributed by atoms with E-state index in [-0.39, 0.29) is 17.6 Å². The summed E-state index contributed by atoms with van der Waals surface area (Å²) in [5.74, 6) is -0.309. The van der Waals surface area contributed by atoms with E-state index in [0.717, 1.165) is 36.9 Å². The highest BCUT2D eigenvalue weighted by Crippen LogP contribution is 2.37. The number of nitriles is 1. The van der Waals surface area contributed by atoms with E-state index in [0.29, 0.717) is 22.0 Å². The van der Waals surface area contributed by atoms with Crippen molar-refractivity contribution in [3.8, 4) is 6.07 Å². The van der Waals surface area contributed by atoms with Crippen molar-refractivity contribution in [1.29, 1.82) is 5.26 Å². The number of thioether (sulfide) groups is 1. The fraction of sp³-hybridized carbons (Fsp3) is 0.364. The van der Waals surface area contributed by atoms with Gasteiger partial charge >= 0.3 is 0 Å². The molecule has 0 spiro atoms. The molecule has 2 heterocycles. The summed E-state index contributed by atoms with van der Waals surface area (Å²) in [6, 6.07) is 11.4. The molecule has 2 amide bonds. The molecule has 1 aromatic heterocycles. The monoisotopic (exact) mass is 406 g/mol. The van der Waals surface area contributed by atoms with Crippen LogP contribution in [0.4, 0.5) is 11.4 Å². The molecule has 2 aromatic rings. The summed E-state index contributed by atoms with van der Waals surface area (Å²) < 4.78 is 0. The molecule has 0 saturated carbocycles. The molecule has 6 nitrogen and oxygen atoms in total. The normalized spacial score (nSPS) is 17.0. The van der Waals surface area contributed by atoms with E-state index in [1.165, 1.54) is 11.8 Å². The van der Waals surface area contributed by atoms with Crippen LogP contribution in [-0.4, -0.2) is 28.1 Å². The van der Waals surface area contributed by atoms with Crippen molar-refractivity contribution in [2.75, 3.05) is 16.0 Å². The minimum Gasteiger partial charge on any atom is -0.322 e. The lowest BCUT2D eigenvalue weighted by atomic mass is 9.95. The van der Waals surface area contributed by atoms with Crippen molar-refractivity contribution in [1.82, 2.24) is 4.98 Å². The highest BCUT2D eigenvalue weighted by atomic mass is 32.2. The van der Waals surface area contributed by atoms with Gasteiger partial charge in [-0.15, -0.1) is 0 Å². The van der Waals surface area contributed by atoms with Crippen LogP contribution in [0.3, 0.4) is 0 Å². The lowest BCUT2D eigenvalue weighted by Gasteiger charge is -2.42. The van der Waals surface area contributed by atoms with Crippen LogP contribution >= 0.6 is 11.8 Å². The number of rotatable bonds is 3. The maximum Gasteiger partial charge on any atom is 0.250 e. The predicted molar refractivity (Wildman–Crippen MR) is 113 cm³/mol. The molecule has 0 saturated heterocycles. The molecule has 1 aliphatic carbocycles. The molecular formula is C22H22N4O2S. The lowest BCUT2D eigenvalue weighted by molar-refractivity contribution is -0.125. The van der Waals surface area contributed by atoms with Crippen LogP contribution in [0.5, 0.6) is 0 Å². The standard InChI is InChI=1S/C22H22N4O2S/c1-22(2)21(28)25-17-9-5-6-10-18(17)26(22)19(27)13-29-20-15(12-23)11-14-7-3-4-8-16(14)24-20/h5-6,9-11H,3-4,7-8,13H2,1-2H3,(H,25,28). The van der Waals surface area contributed by atoms with Crippen LogP contribution in [0.15, 0.2) is 35.4 Å². The third kappa shape index (κ3) is 3.49. The van der Waals surface area contributed by atoms with Crippen molar-refractivity contribution in [3.05, 3.63) is 47.2 Å². The number of carbonyl (C=O) groups is 2. The van der Waals surface area contributed by atoms with Gasteiger partial charge in [-0.05, 0) is 63.3 Å². The Bertz CT molecular complexity index is 1040. The number of pyridine rings is 1. The second-order valence-electron chi connectivity index (χ2n) is 7.81. The first-order valence-electron chi connectivity index (χ1n) is 9.71. The summed E-state index contributed by atoms with van der Waals surface area (Å²) in [4.78, 5) is 32.0. The summed E-state index contributed by atoms with van der Waals surface area (Å²) in [7, 11) is 0. The minimum absolute atomic E-state index is 0.103. The zero-order chi connectivity index (χ0) is 20.6. The van der Waals surface area contributed by atoms with Gasteiger partial charge < -0.3 is 5.32 Å². The second kappa shape index (κ2) is 7.53. The molecule has 1 N–H and O–H groups in total. The van der Waals surface area contributed by atoms with E-state index in [1.807, 2.05) is 24.3 Å². The first-order valence-corrected chi connectivity index (χ1v) is 10.7. The Morgan fingerprint density at radius 1 is 1.31 bits per heavy atom. The number of carbonyl (C=O) groups excluding carboxylic acids is 2. The predicted octanol–water partition coefficient (Wildman–Crippen LogP) is 3.69. The number of aryl methyl sites for hydroxylation is 2. The zero-order valence-electron chi connectivity index (χ0n) is 16.5. The van der Waals surface area contributed by atoms with Crippen LogP contribution in [0.2, 0.25) is 0 Å². The Morgan fingerprint density at radius 3 is 2.86 bits per heavy atom. The van der Waals surface area contributed by atoms with E-state index in [9.17, 15) is 14.9 Å². The van der Waals surface area contributed by atoms with Crippen molar-refractivity contribution in [2.45, 2.75) is 50.1 Å². The summed E-state index contributed by atoms with van der Waals surface area (Å²) >= 11 is 1.27. The van der Waals surface area contributed by atoms with Gasteiger partial charge in [0.2, 0.25) is 11.8 Å². The van der Waals surface area contributed by atoms with Crippen LogP contribution in [-0.2, 0) is 22.4 Å². The number of para-hydroxylation sites is 2. The SMILES string of the molecule is CC1(C)C(=O)Nc2ccccc2N1C(=O)CSc1nc2c(cc1C#N)CCCC2. The van der Waals surface area contributed by atoms with Crippen molar-refractivity contribution in [2.24, 2.45) is 0 Å². The molecule has 0 bridgehead atoms. The quantitative estimate of drug-likeness (QED) is 0.786. The molecule has 7 heteroatoms. The van der Waals surface area contributed by atoms with E-state index in [2.05, 4.69) is 16.4 Å². The van der Waals surface area contributed by atoms with Gasteiger partial charge in [0, 0.05) is 5.69 Å². The first-order chi connectivity index (χ1) is 13.9. The van der Waals surface area contributed by atoms with Gasteiger partial charge in [-0.2, -0.15) is 5.26 Å². The third-order valence-electron chi connectivity index (χ3n) is 5.48. The fourth-order valence-electron chi connectivity index (χ4n) is 3.90. The van der Waals surface area contributed by atoms with Crippen LogP contribution in [0.1, 0.15) is 43.5 Å². The first kappa shape index (κ1) is 19.5. The highest BCUT2D eigenvalue weighted by Gasteiger charge is 2.43. The summed E-state index contributed by atoms with van der Waals surface area (Å²) in [5, 5.41) is 13.0. The highest BCUT2D eigenvalue weighted by molar-refractivity contribution is 8.00. The second-order valence-corrected chi connectivity index (χ2v) is 8.78. The van der Waals surface area contributed by atoms with Crippen molar-refractivity contribution >= 4 is 35.0 Å². The summed E-state index contributed by atoms with van der Waals surface area (Å²) in [6.07, 6.45) is 4.09. The van der Waals surface area contributed by atoms with Crippen molar-refractivity contribution in [3.63, 3.8) is 0 Å². The molecule has 148 valence electrons. The zero-order valence-corrected chi connectivity index (χ0v) is 17.3. The molecule has 0 unspecified atom stereocenters. The van der Waals surface area contributed by atoms with Crippen LogP contribution < -0.4 is 10.2 Å². The van der Waals surface area contributed by atoms with Gasteiger partial charge in [0.25, 0.3) is 0 Å². The molecule has 0 radical (unpaired) electrons. The van der Waals surface area contributed by atoms with E-state index >= 15 is 0 Å². The topological polar surface area (TPSA) is 86.1 Å². The number of fused-ring (bicyclic) bond motifs is 2. The average molecular weight is 407 g/mol. The molecule has 4 rings (SSSR count). The van der Waals surface area contributed by atoms with E-state index in [4.69, 9.17) is 0 Å². The molecular weight excluding hydrogens is 384 g/mol. The van der Waals surface area contributed by atoms with E-state index < -0.39 is 5.54 Å². The van der Waals surface area contributed by atoms with Gasteiger partial charge in [0.05, 0.1) is 22.7 Å². The largest absolute Gasteiger partial charge is 0.322 e. The smallest absolute Gasteiger partial charge is 0.250 e. The maximum atomic E-state index is 13.2. The minimum atomic E-state index is -1.01. The Hall–Kier alpha value is -2.85. The van der Waals surface area contributed by atoms with Gasteiger partial charge in [-0.25, -0.2) is 4.98 Å². The van der Waals surface area contributed by atoms with Crippen LogP contribution in [0.25, 0.3) is 0 Å². The number of aromatic nitrogens is 1. The number of nitrogens with zero attached hydrogens (tertiary/aromatic N) is 3. The Balaban J connectivity index is 1.60. The van der Waals surface area contributed by atoms with Gasteiger partial charge in [0.1, 0.15) is 16.6 Å². The summed E-state index contributed by atoms with van der Waals surface area (Å²) in [5.41, 5.74) is 2.99. The average Bonchev–Trinajstić information content (AvgIpc) is 2.72. The Kier molecular flexibility index (Phi) is 5.05. The Morgan fingerprint density at radius 2 is 2.07 bits per heavy atom. The number of hydrogen-bond donors (Lipinski definition) is 1. The fourth-order valence-corrected chi connectivity index (χ4v) is 4.72. The molecule has 1 aliphatic heterocycles. The molecule has 0 fully saturated rings. The van der Waals surface area contributed by atoms with Gasteiger partial charge in [0.15, 0.2) is 0 Å². The van der Waals surface area contributed by atoms with Gasteiger partial charge in [-0.3, -0.25) is 14.5 Å². The van der Waals surface area contributed by atoms with E-state index in [1.54, 1.807) is 24.8 Å². The number of anilines is 2. The molecule has 0 atom stereocenters. The summed E-state index contributed by atoms with van der Waals surface area (Å²) in [6.45, 7) is 3.47.